The Labute approximate surface area is 98.0 Å². The molecule has 16 heavy (non-hydrogen) atoms. The van der Waals surface area contributed by atoms with Crippen molar-refractivity contribution < 1.29 is 13.8 Å². The van der Waals surface area contributed by atoms with Crippen LogP contribution in [0.15, 0.2) is 0 Å². The number of amides is 2. The van der Waals surface area contributed by atoms with Crippen molar-refractivity contribution in [2.24, 2.45) is 0 Å². The van der Waals surface area contributed by atoms with Gasteiger partial charge in [-0.25, -0.2) is 0 Å². The van der Waals surface area contributed by atoms with Crippen LogP contribution in [-0.2, 0) is 20.4 Å². The smallest absolute Gasteiger partial charge is 0.245 e. The Morgan fingerprint density at radius 1 is 1.44 bits per heavy atom. The molecule has 0 bridgehead atoms. The van der Waals surface area contributed by atoms with Gasteiger partial charge in [-0.2, -0.15) is 0 Å². The second-order valence-corrected chi connectivity index (χ2v) is 5.51. The largest absolute Gasteiger partial charge is 0.343 e. The first-order valence-electron chi connectivity index (χ1n) is 5.38. The molecule has 0 aromatic carbocycles. The lowest BCUT2D eigenvalue weighted by atomic mass is 10.1. The molecule has 6 heteroatoms. The van der Waals surface area contributed by atoms with Gasteiger partial charge in [-0.3, -0.25) is 13.8 Å². The average molecular weight is 246 g/mol. The van der Waals surface area contributed by atoms with E-state index in [9.17, 15) is 13.8 Å². The number of hydrogen-bond acceptors (Lipinski definition) is 3. The number of carbonyl (C=O) groups is 2. The molecule has 1 aliphatic rings. The highest BCUT2D eigenvalue weighted by molar-refractivity contribution is 7.84. The van der Waals surface area contributed by atoms with Crippen LogP contribution in [-0.4, -0.2) is 51.6 Å². The average Bonchev–Trinajstić information content (AvgIpc) is 2.23. The number of carbonyl (C=O) groups excluding carboxylic acids is 2. The van der Waals surface area contributed by atoms with Crippen LogP contribution in [0, 0.1) is 0 Å². The normalized spacial score (nSPS) is 27.8. The fourth-order valence-corrected chi connectivity index (χ4v) is 2.15. The molecule has 0 aromatic heterocycles. The highest BCUT2D eigenvalue weighted by Crippen LogP contribution is 2.11. The minimum absolute atomic E-state index is 0.0694. The van der Waals surface area contributed by atoms with Gasteiger partial charge in [0.05, 0.1) is 0 Å². The molecule has 3 atom stereocenters. The highest BCUT2D eigenvalue weighted by atomic mass is 32.2. The number of piperazine rings is 1. The van der Waals surface area contributed by atoms with Crippen LogP contribution in [0.5, 0.6) is 0 Å². The molecule has 1 N–H and O–H groups in total. The Hall–Kier alpha value is -0.910. The predicted molar refractivity (Wildman–Crippen MR) is 62.3 cm³/mol. The summed E-state index contributed by atoms with van der Waals surface area (Å²) in [4.78, 5) is 25.0. The van der Waals surface area contributed by atoms with Crippen LogP contribution in [0.2, 0.25) is 0 Å². The Balaban J connectivity index is 2.73. The van der Waals surface area contributed by atoms with Gasteiger partial charge in [-0.05, 0) is 13.3 Å². The van der Waals surface area contributed by atoms with Gasteiger partial charge in [0.25, 0.3) is 0 Å². The lowest BCUT2D eigenvalue weighted by molar-refractivity contribution is -0.148. The molecule has 1 saturated heterocycles. The summed E-state index contributed by atoms with van der Waals surface area (Å²) in [5, 5.41) is 2.68. The first-order valence-corrected chi connectivity index (χ1v) is 7.11. The molecule has 1 rings (SSSR count). The number of rotatable bonds is 4. The van der Waals surface area contributed by atoms with Gasteiger partial charge in [0, 0.05) is 29.4 Å². The van der Waals surface area contributed by atoms with Crippen LogP contribution in [0.3, 0.4) is 0 Å². The first kappa shape index (κ1) is 13.2. The third-order valence-electron chi connectivity index (χ3n) is 2.77. The van der Waals surface area contributed by atoms with E-state index in [1.165, 1.54) is 4.90 Å². The van der Waals surface area contributed by atoms with Gasteiger partial charge in [0.15, 0.2) is 0 Å². The Morgan fingerprint density at radius 2 is 2.06 bits per heavy atom. The molecule has 2 amide bonds. The monoisotopic (exact) mass is 246 g/mol. The lowest BCUT2D eigenvalue weighted by Crippen LogP contribution is -2.62. The second kappa shape index (κ2) is 5.43. The minimum Gasteiger partial charge on any atom is -0.343 e. The van der Waals surface area contributed by atoms with Crippen molar-refractivity contribution in [2.75, 3.05) is 18.6 Å². The zero-order chi connectivity index (χ0) is 12.3. The van der Waals surface area contributed by atoms with Gasteiger partial charge >= 0.3 is 0 Å². The summed E-state index contributed by atoms with van der Waals surface area (Å²) < 4.78 is 11.0. The molecular formula is C10H18N2O3S. The fraction of sp³-hybridized carbons (Fsp3) is 0.800. The summed E-state index contributed by atoms with van der Waals surface area (Å²) in [7, 11) is -0.947. The van der Waals surface area contributed by atoms with E-state index in [4.69, 9.17) is 0 Å². The summed E-state index contributed by atoms with van der Waals surface area (Å²) in [6, 6.07) is -0.882. The maximum atomic E-state index is 11.9. The number of nitrogens with zero attached hydrogens (tertiary/aromatic N) is 1. The van der Waals surface area contributed by atoms with Crippen LogP contribution in [0.1, 0.15) is 20.3 Å². The lowest BCUT2D eigenvalue weighted by Gasteiger charge is -2.36. The molecule has 0 saturated carbocycles. The van der Waals surface area contributed by atoms with E-state index >= 15 is 0 Å². The topological polar surface area (TPSA) is 66.5 Å². The summed E-state index contributed by atoms with van der Waals surface area (Å²) in [6.07, 6.45) is 2.18. The summed E-state index contributed by atoms with van der Waals surface area (Å²) >= 11 is 0. The molecule has 1 aliphatic heterocycles. The standard InChI is InChI=1S/C10H18N2O3S/c1-4-8-10(14)12(5-6-16(3)15)7(2)9(13)11-8/h7-8H,4-6H2,1-3H3,(H,11,13). The van der Waals surface area contributed by atoms with E-state index in [0.717, 1.165) is 0 Å². The van der Waals surface area contributed by atoms with E-state index < -0.39 is 22.9 Å². The molecule has 0 radical (unpaired) electrons. The molecule has 1 fully saturated rings. The molecule has 1 heterocycles. The van der Waals surface area contributed by atoms with Crippen LogP contribution >= 0.6 is 0 Å². The predicted octanol–water partition coefficient (Wildman–Crippen LogP) is -0.510. The number of nitrogens with one attached hydrogen (secondary N) is 1. The molecule has 92 valence electrons. The van der Waals surface area contributed by atoms with Crippen molar-refractivity contribution in [1.29, 1.82) is 0 Å². The molecule has 3 unspecified atom stereocenters. The number of hydrogen-bond donors (Lipinski definition) is 1. The Bertz CT molecular complexity index is 319. The van der Waals surface area contributed by atoms with Crippen molar-refractivity contribution in [3.05, 3.63) is 0 Å². The second-order valence-electron chi connectivity index (χ2n) is 3.95. The molecule has 0 aliphatic carbocycles. The van der Waals surface area contributed by atoms with Gasteiger partial charge in [-0.15, -0.1) is 0 Å². The molecular weight excluding hydrogens is 228 g/mol. The molecule has 5 nitrogen and oxygen atoms in total. The van der Waals surface area contributed by atoms with Crippen molar-refractivity contribution in [1.82, 2.24) is 10.2 Å². The molecule has 0 aromatic rings. The molecule has 0 spiro atoms. The zero-order valence-electron chi connectivity index (χ0n) is 9.86. The maximum Gasteiger partial charge on any atom is 0.245 e. The van der Waals surface area contributed by atoms with Gasteiger partial charge in [0.2, 0.25) is 11.8 Å². The van der Waals surface area contributed by atoms with E-state index in [2.05, 4.69) is 5.32 Å². The van der Waals surface area contributed by atoms with E-state index in [-0.39, 0.29) is 11.8 Å². The quantitative estimate of drug-likeness (QED) is 0.726. The van der Waals surface area contributed by atoms with Crippen molar-refractivity contribution in [2.45, 2.75) is 32.4 Å². The Kier molecular flexibility index (Phi) is 4.46. The van der Waals surface area contributed by atoms with Crippen molar-refractivity contribution in [3.63, 3.8) is 0 Å². The highest BCUT2D eigenvalue weighted by Gasteiger charge is 2.36. The fourth-order valence-electron chi connectivity index (χ4n) is 1.69. The van der Waals surface area contributed by atoms with E-state index in [1.54, 1.807) is 13.2 Å². The van der Waals surface area contributed by atoms with Crippen LogP contribution < -0.4 is 5.32 Å². The third-order valence-corrected chi connectivity index (χ3v) is 3.53. The first-order chi connectivity index (χ1) is 7.47. The van der Waals surface area contributed by atoms with E-state index in [0.29, 0.717) is 18.7 Å². The van der Waals surface area contributed by atoms with Crippen LogP contribution in [0.4, 0.5) is 0 Å². The summed E-state index contributed by atoms with van der Waals surface area (Å²) in [6.45, 7) is 3.93. The summed E-state index contributed by atoms with van der Waals surface area (Å²) in [5.74, 6) is 0.216. The third kappa shape index (κ3) is 2.81. The van der Waals surface area contributed by atoms with Crippen molar-refractivity contribution in [3.8, 4) is 0 Å². The maximum absolute atomic E-state index is 11.9. The Morgan fingerprint density at radius 3 is 2.56 bits per heavy atom. The van der Waals surface area contributed by atoms with Crippen LogP contribution in [0.25, 0.3) is 0 Å². The van der Waals surface area contributed by atoms with Gasteiger partial charge in [-0.1, -0.05) is 6.92 Å². The summed E-state index contributed by atoms with van der Waals surface area (Å²) in [5.41, 5.74) is 0. The van der Waals surface area contributed by atoms with Crippen molar-refractivity contribution >= 4 is 22.6 Å². The minimum atomic E-state index is -0.947. The SMILES string of the molecule is CCC1NC(=O)C(C)N(CCS(C)=O)C1=O. The van der Waals surface area contributed by atoms with Gasteiger partial charge in [0.1, 0.15) is 12.1 Å². The zero-order valence-corrected chi connectivity index (χ0v) is 10.7. The van der Waals surface area contributed by atoms with E-state index in [1.807, 2.05) is 6.92 Å². The van der Waals surface area contributed by atoms with Gasteiger partial charge < -0.3 is 10.2 Å².